The maximum atomic E-state index is 12.9. The number of aryl methyl sites for hydroxylation is 1. The number of anilines is 2. The molecule has 2 aromatic rings. The molecule has 3 amide bonds. The minimum atomic E-state index is -0.0842. The summed E-state index contributed by atoms with van der Waals surface area (Å²) in [6, 6.07) is 15.3. The lowest BCUT2D eigenvalue weighted by atomic mass is 10.0. The molecule has 2 aliphatic rings. The zero-order valence-electron chi connectivity index (χ0n) is 13.4. The van der Waals surface area contributed by atoms with Crippen molar-refractivity contribution in [2.24, 2.45) is 0 Å². The van der Waals surface area contributed by atoms with E-state index >= 15 is 0 Å². The summed E-state index contributed by atoms with van der Waals surface area (Å²) in [4.78, 5) is 28.2. The van der Waals surface area contributed by atoms with Crippen LogP contribution in [0.2, 0.25) is 0 Å². The third-order valence-electron chi connectivity index (χ3n) is 4.64. The van der Waals surface area contributed by atoms with Gasteiger partial charge in [-0.15, -0.1) is 0 Å². The van der Waals surface area contributed by atoms with E-state index in [9.17, 15) is 9.59 Å². The van der Waals surface area contributed by atoms with Crippen molar-refractivity contribution in [2.45, 2.75) is 12.8 Å². The molecular formula is C19H19N3O2. The van der Waals surface area contributed by atoms with Crippen molar-refractivity contribution in [3.05, 3.63) is 59.7 Å². The summed E-state index contributed by atoms with van der Waals surface area (Å²) in [5.41, 5.74) is 3.70. The normalized spacial score (nSPS) is 16.8. The average Bonchev–Trinajstić information content (AvgIpc) is 3.07. The van der Waals surface area contributed by atoms with E-state index in [0.717, 1.165) is 30.8 Å². The summed E-state index contributed by atoms with van der Waals surface area (Å²) in [6.45, 7) is 2.06. The predicted molar refractivity (Wildman–Crippen MR) is 93.6 cm³/mol. The van der Waals surface area contributed by atoms with Crippen LogP contribution in [0.1, 0.15) is 22.3 Å². The van der Waals surface area contributed by atoms with Crippen LogP contribution in [0.15, 0.2) is 48.5 Å². The molecule has 1 fully saturated rings. The molecule has 0 radical (unpaired) electrons. The van der Waals surface area contributed by atoms with Crippen molar-refractivity contribution in [3.8, 4) is 0 Å². The molecule has 2 aromatic carbocycles. The lowest BCUT2D eigenvalue weighted by molar-refractivity contribution is 0.0985. The van der Waals surface area contributed by atoms with E-state index < -0.39 is 0 Å². The Hall–Kier alpha value is -2.82. The molecule has 2 aliphatic heterocycles. The van der Waals surface area contributed by atoms with Crippen LogP contribution in [-0.4, -0.2) is 31.6 Å². The van der Waals surface area contributed by atoms with Gasteiger partial charge in [0.05, 0.1) is 0 Å². The SMILES string of the molecule is O=C1NCCN1c1ccc(C(=O)N2CCCc3ccccc32)cc1. The van der Waals surface area contributed by atoms with E-state index in [2.05, 4.69) is 11.4 Å². The van der Waals surface area contributed by atoms with Gasteiger partial charge < -0.3 is 10.2 Å². The smallest absolute Gasteiger partial charge is 0.321 e. The first kappa shape index (κ1) is 14.8. The molecule has 5 nitrogen and oxygen atoms in total. The number of carbonyl (C=O) groups excluding carboxylic acids is 2. The monoisotopic (exact) mass is 321 g/mol. The van der Waals surface area contributed by atoms with E-state index in [1.165, 1.54) is 5.56 Å². The Morgan fingerprint density at radius 2 is 1.79 bits per heavy atom. The van der Waals surface area contributed by atoms with Crippen LogP contribution >= 0.6 is 0 Å². The van der Waals surface area contributed by atoms with Crippen LogP contribution in [0.25, 0.3) is 0 Å². The molecular weight excluding hydrogens is 302 g/mol. The fourth-order valence-corrected chi connectivity index (χ4v) is 3.40. The van der Waals surface area contributed by atoms with Crippen LogP contribution in [-0.2, 0) is 6.42 Å². The van der Waals surface area contributed by atoms with Gasteiger partial charge in [-0.2, -0.15) is 0 Å². The van der Waals surface area contributed by atoms with Gasteiger partial charge in [0.15, 0.2) is 0 Å². The minimum absolute atomic E-state index is 0.0135. The van der Waals surface area contributed by atoms with Crippen molar-refractivity contribution in [2.75, 3.05) is 29.4 Å². The zero-order chi connectivity index (χ0) is 16.5. The van der Waals surface area contributed by atoms with Gasteiger partial charge in [0.1, 0.15) is 0 Å². The molecule has 2 heterocycles. The standard InChI is InChI=1S/C19H19N3O2/c23-18(22-12-3-5-14-4-1-2-6-17(14)22)15-7-9-16(10-8-15)21-13-11-20-19(21)24/h1-2,4,6-10H,3,5,11-13H2,(H,20,24). The van der Waals surface area contributed by atoms with Gasteiger partial charge in [-0.05, 0) is 48.7 Å². The number of carbonyl (C=O) groups is 2. The molecule has 0 spiro atoms. The van der Waals surface area contributed by atoms with Gasteiger partial charge in [-0.3, -0.25) is 9.69 Å². The van der Waals surface area contributed by atoms with Gasteiger partial charge in [0, 0.05) is 36.6 Å². The highest BCUT2D eigenvalue weighted by Crippen LogP contribution is 2.28. The zero-order valence-corrected chi connectivity index (χ0v) is 13.4. The second-order valence-electron chi connectivity index (χ2n) is 6.12. The number of hydrogen-bond donors (Lipinski definition) is 1. The van der Waals surface area contributed by atoms with E-state index in [-0.39, 0.29) is 11.9 Å². The number of nitrogens with zero attached hydrogens (tertiary/aromatic N) is 2. The van der Waals surface area contributed by atoms with Crippen molar-refractivity contribution < 1.29 is 9.59 Å². The Bertz CT molecular complexity index is 785. The number of urea groups is 1. The molecule has 1 N–H and O–H groups in total. The Kier molecular flexibility index (Phi) is 3.69. The first-order valence-corrected chi connectivity index (χ1v) is 8.29. The number of rotatable bonds is 2. The summed E-state index contributed by atoms with van der Waals surface area (Å²) < 4.78 is 0. The number of para-hydroxylation sites is 1. The molecule has 0 unspecified atom stereocenters. The maximum Gasteiger partial charge on any atom is 0.321 e. The molecule has 0 saturated carbocycles. The fraction of sp³-hybridized carbons (Fsp3) is 0.263. The summed E-state index contributed by atoms with van der Waals surface area (Å²) in [5, 5.41) is 2.78. The Morgan fingerprint density at radius 1 is 1.00 bits per heavy atom. The topological polar surface area (TPSA) is 52.7 Å². The van der Waals surface area contributed by atoms with Crippen molar-refractivity contribution in [3.63, 3.8) is 0 Å². The minimum Gasteiger partial charge on any atom is -0.336 e. The molecule has 0 atom stereocenters. The molecule has 0 aliphatic carbocycles. The summed E-state index contributed by atoms with van der Waals surface area (Å²) >= 11 is 0. The number of amides is 3. The Labute approximate surface area is 140 Å². The van der Waals surface area contributed by atoms with Gasteiger partial charge in [0.2, 0.25) is 0 Å². The third kappa shape index (κ3) is 2.52. The molecule has 1 saturated heterocycles. The van der Waals surface area contributed by atoms with Crippen molar-refractivity contribution >= 4 is 23.3 Å². The maximum absolute atomic E-state index is 12.9. The van der Waals surface area contributed by atoms with Gasteiger partial charge in [0.25, 0.3) is 5.91 Å². The lowest BCUT2D eigenvalue weighted by Crippen LogP contribution is -2.35. The first-order valence-electron chi connectivity index (χ1n) is 8.29. The summed E-state index contributed by atoms with van der Waals surface area (Å²) in [5.74, 6) is 0.0135. The highest BCUT2D eigenvalue weighted by atomic mass is 16.2. The van der Waals surface area contributed by atoms with E-state index in [4.69, 9.17) is 0 Å². The lowest BCUT2D eigenvalue weighted by Gasteiger charge is -2.29. The first-order chi connectivity index (χ1) is 11.7. The van der Waals surface area contributed by atoms with Crippen LogP contribution in [0.5, 0.6) is 0 Å². The second kappa shape index (κ2) is 6.00. The number of nitrogens with one attached hydrogen (secondary N) is 1. The number of hydrogen-bond acceptors (Lipinski definition) is 2. The molecule has 122 valence electrons. The number of benzene rings is 2. The van der Waals surface area contributed by atoms with E-state index in [0.29, 0.717) is 18.7 Å². The molecule has 0 bridgehead atoms. The van der Waals surface area contributed by atoms with Gasteiger partial charge >= 0.3 is 6.03 Å². The molecule has 0 aromatic heterocycles. The van der Waals surface area contributed by atoms with Gasteiger partial charge in [-0.25, -0.2) is 4.79 Å². The Morgan fingerprint density at radius 3 is 2.54 bits per heavy atom. The predicted octanol–water partition coefficient (Wildman–Crippen LogP) is 2.81. The highest BCUT2D eigenvalue weighted by molar-refractivity contribution is 6.07. The fourth-order valence-electron chi connectivity index (χ4n) is 3.40. The largest absolute Gasteiger partial charge is 0.336 e. The van der Waals surface area contributed by atoms with Crippen LogP contribution in [0.4, 0.5) is 16.2 Å². The number of fused-ring (bicyclic) bond motifs is 1. The third-order valence-corrected chi connectivity index (χ3v) is 4.64. The Balaban J connectivity index is 1.58. The van der Waals surface area contributed by atoms with Crippen LogP contribution in [0.3, 0.4) is 0 Å². The van der Waals surface area contributed by atoms with Crippen molar-refractivity contribution in [1.82, 2.24) is 5.32 Å². The quantitative estimate of drug-likeness (QED) is 0.925. The van der Waals surface area contributed by atoms with Crippen molar-refractivity contribution in [1.29, 1.82) is 0 Å². The van der Waals surface area contributed by atoms with Crippen LogP contribution < -0.4 is 15.1 Å². The molecule has 24 heavy (non-hydrogen) atoms. The average molecular weight is 321 g/mol. The highest BCUT2D eigenvalue weighted by Gasteiger charge is 2.24. The van der Waals surface area contributed by atoms with Gasteiger partial charge in [-0.1, -0.05) is 18.2 Å². The molecule has 5 heteroatoms. The molecule has 4 rings (SSSR count). The van der Waals surface area contributed by atoms with E-state index in [1.807, 2.05) is 35.2 Å². The van der Waals surface area contributed by atoms with Crippen LogP contribution in [0, 0.1) is 0 Å². The summed E-state index contributed by atoms with van der Waals surface area (Å²) in [7, 11) is 0. The van der Waals surface area contributed by atoms with E-state index in [1.54, 1.807) is 17.0 Å². The second-order valence-corrected chi connectivity index (χ2v) is 6.12. The summed E-state index contributed by atoms with van der Waals surface area (Å²) in [6.07, 6.45) is 2.00.